The Kier molecular flexibility index (Phi) is 5.77. The van der Waals surface area contributed by atoms with E-state index in [-0.39, 0.29) is 0 Å². The normalized spacial score (nSPS) is 10.9. The van der Waals surface area contributed by atoms with Crippen LogP contribution in [0.5, 0.6) is 0 Å². The molecule has 0 saturated carbocycles. The zero-order chi connectivity index (χ0) is 23.7. The van der Waals surface area contributed by atoms with Crippen LogP contribution < -0.4 is 13.7 Å². The van der Waals surface area contributed by atoms with Crippen molar-refractivity contribution >= 4 is 0 Å². The summed E-state index contributed by atoms with van der Waals surface area (Å²) in [5.74, 6) is 0. The molecule has 3 heteroatoms. The van der Waals surface area contributed by atoms with Crippen molar-refractivity contribution in [2.24, 2.45) is 14.1 Å². The molecule has 0 unspecified atom stereocenters. The van der Waals surface area contributed by atoms with Gasteiger partial charge in [-0.05, 0) is 44.2 Å². The summed E-state index contributed by atoms with van der Waals surface area (Å²) < 4.78 is 6.63. The van der Waals surface area contributed by atoms with Gasteiger partial charge in [-0.15, -0.1) is 0 Å². The second kappa shape index (κ2) is 9.03. The molecule has 0 aliphatic rings. The van der Waals surface area contributed by atoms with Crippen LogP contribution in [0.2, 0.25) is 0 Å². The molecule has 0 N–H and O–H groups in total. The molecule has 0 fully saturated rings. The fourth-order valence-electron chi connectivity index (χ4n) is 4.36. The number of rotatable bonds is 4. The fraction of sp³-hybridized carbons (Fsp3) is 0.129. The second-order valence-electron chi connectivity index (χ2n) is 9.00. The summed E-state index contributed by atoms with van der Waals surface area (Å²) in [5, 5.41) is 0. The van der Waals surface area contributed by atoms with Crippen molar-refractivity contribution in [3.05, 3.63) is 121 Å². The average molecular weight is 445 g/mol. The summed E-state index contributed by atoms with van der Waals surface area (Å²) in [6.45, 7) is 4.26. The molecule has 3 heterocycles. The van der Waals surface area contributed by atoms with Gasteiger partial charge in [0.25, 0.3) is 0 Å². The van der Waals surface area contributed by atoms with E-state index in [9.17, 15) is 0 Å². The van der Waals surface area contributed by atoms with E-state index in [1.54, 1.807) is 0 Å². The molecule has 0 amide bonds. The van der Waals surface area contributed by atoms with E-state index in [1.165, 1.54) is 33.5 Å². The number of aromatic nitrogens is 3. The van der Waals surface area contributed by atoms with Gasteiger partial charge in [-0.25, -0.2) is 9.13 Å². The van der Waals surface area contributed by atoms with Crippen LogP contribution in [0, 0.1) is 13.8 Å². The zero-order valence-corrected chi connectivity index (χ0v) is 20.2. The number of benzene rings is 2. The SMILES string of the molecule is Cc1ccc(-c2cc(-c3cccc[n+]3C)cc(-c3ccc(C)cc3)[n+]2-c2cc[n+](C)cc2)cc1. The van der Waals surface area contributed by atoms with E-state index < -0.39 is 0 Å². The number of hydrogen-bond acceptors (Lipinski definition) is 0. The third-order valence-electron chi connectivity index (χ3n) is 6.33. The van der Waals surface area contributed by atoms with Crippen molar-refractivity contribution in [1.82, 2.24) is 0 Å². The smallest absolute Gasteiger partial charge is 0.207 e. The lowest BCUT2D eigenvalue weighted by molar-refractivity contribution is -0.673. The minimum Gasteiger partial charge on any atom is -0.207 e. The Balaban J connectivity index is 1.88. The molecule has 0 radical (unpaired) electrons. The quantitative estimate of drug-likeness (QED) is 0.337. The van der Waals surface area contributed by atoms with E-state index in [2.05, 4.69) is 151 Å². The minimum absolute atomic E-state index is 1.13. The topological polar surface area (TPSA) is 11.6 Å². The van der Waals surface area contributed by atoms with Gasteiger partial charge in [0.1, 0.15) is 14.1 Å². The van der Waals surface area contributed by atoms with Crippen LogP contribution >= 0.6 is 0 Å². The molecular formula is C31H30N3+3. The van der Waals surface area contributed by atoms with E-state index in [0.717, 1.165) is 17.1 Å². The summed E-state index contributed by atoms with van der Waals surface area (Å²) in [4.78, 5) is 0. The Morgan fingerprint density at radius 3 is 1.53 bits per heavy atom. The minimum atomic E-state index is 1.13. The van der Waals surface area contributed by atoms with E-state index in [4.69, 9.17) is 0 Å². The standard InChI is InChI=1S/C31H30N3/c1-23-8-12-25(13-9-23)30-21-27(29-7-5-6-18-33(29)4)22-31(26-14-10-24(2)11-15-26)34(30)28-16-19-32(3)20-17-28/h5-22H,1-4H3/q+3. The number of hydrogen-bond donors (Lipinski definition) is 0. The maximum absolute atomic E-state index is 2.38. The zero-order valence-electron chi connectivity index (χ0n) is 20.2. The van der Waals surface area contributed by atoms with Gasteiger partial charge in [-0.2, -0.15) is 4.57 Å². The second-order valence-corrected chi connectivity index (χ2v) is 9.00. The Morgan fingerprint density at radius 1 is 0.500 bits per heavy atom. The van der Waals surface area contributed by atoms with E-state index in [1.807, 2.05) is 0 Å². The molecule has 0 atom stereocenters. The van der Waals surface area contributed by atoms with Gasteiger partial charge < -0.3 is 0 Å². The molecule has 2 aromatic carbocycles. The average Bonchev–Trinajstić information content (AvgIpc) is 2.85. The molecule has 5 rings (SSSR count). The van der Waals surface area contributed by atoms with Gasteiger partial charge in [-0.1, -0.05) is 35.4 Å². The van der Waals surface area contributed by atoms with Crippen molar-refractivity contribution in [1.29, 1.82) is 0 Å². The van der Waals surface area contributed by atoms with Crippen molar-refractivity contribution < 1.29 is 13.7 Å². The molecular weight excluding hydrogens is 414 g/mol. The molecule has 0 aliphatic heterocycles. The van der Waals surface area contributed by atoms with E-state index in [0.29, 0.717) is 0 Å². The van der Waals surface area contributed by atoms with Gasteiger partial charge in [0, 0.05) is 35.4 Å². The Hall–Kier alpha value is -4.11. The summed E-state index contributed by atoms with van der Waals surface area (Å²) >= 11 is 0. The molecule has 0 bridgehead atoms. The maximum atomic E-state index is 2.38. The molecule has 5 aromatic rings. The first-order valence-electron chi connectivity index (χ1n) is 11.6. The van der Waals surface area contributed by atoms with Crippen molar-refractivity contribution in [3.8, 4) is 39.5 Å². The number of nitrogens with zero attached hydrogens (tertiary/aromatic N) is 3. The Morgan fingerprint density at radius 2 is 1.03 bits per heavy atom. The van der Waals surface area contributed by atoms with Gasteiger partial charge in [0.15, 0.2) is 18.6 Å². The first kappa shape index (κ1) is 21.7. The lowest BCUT2D eigenvalue weighted by atomic mass is 9.99. The van der Waals surface area contributed by atoms with Crippen molar-refractivity contribution in [2.45, 2.75) is 13.8 Å². The maximum Gasteiger partial charge on any atom is 0.223 e. The van der Waals surface area contributed by atoms with Crippen LogP contribution in [0.3, 0.4) is 0 Å². The molecule has 3 aromatic heterocycles. The van der Waals surface area contributed by atoms with Crippen LogP contribution in [0.1, 0.15) is 11.1 Å². The summed E-state index contributed by atoms with van der Waals surface area (Å²) in [5.41, 5.74) is 10.7. The van der Waals surface area contributed by atoms with Crippen LogP contribution in [0.15, 0.2) is 110 Å². The number of aryl methyl sites for hydroxylation is 4. The Bertz CT molecular complexity index is 1380. The van der Waals surface area contributed by atoms with Gasteiger partial charge >= 0.3 is 0 Å². The summed E-state index contributed by atoms with van der Waals surface area (Å²) in [6.07, 6.45) is 6.31. The first-order chi connectivity index (χ1) is 16.5. The third-order valence-corrected chi connectivity index (χ3v) is 6.33. The predicted molar refractivity (Wildman–Crippen MR) is 136 cm³/mol. The van der Waals surface area contributed by atoms with Crippen molar-refractivity contribution in [2.75, 3.05) is 0 Å². The number of pyridine rings is 3. The lowest BCUT2D eigenvalue weighted by Gasteiger charge is -2.12. The van der Waals surface area contributed by atoms with Gasteiger partial charge in [0.2, 0.25) is 22.8 Å². The fourth-order valence-corrected chi connectivity index (χ4v) is 4.36. The molecule has 3 nitrogen and oxygen atoms in total. The van der Waals surface area contributed by atoms with Crippen LogP contribution in [-0.4, -0.2) is 0 Å². The highest BCUT2D eigenvalue weighted by Crippen LogP contribution is 2.29. The predicted octanol–water partition coefficient (Wildman–Crippen LogP) is 5.23. The lowest BCUT2D eigenvalue weighted by Crippen LogP contribution is -2.38. The molecule has 0 spiro atoms. The van der Waals surface area contributed by atoms with Crippen LogP contribution in [0.25, 0.3) is 39.5 Å². The van der Waals surface area contributed by atoms with Gasteiger partial charge in [-0.3, -0.25) is 0 Å². The molecule has 0 aliphatic carbocycles. The summed E-state index contributed by atoms with van der Waals surface area (Å²) in [7, 11) is 4.15. The molecule has 34 heavy (non-hydrogen) atoms. The third kappa shape index (κ3) is 4.25. The first-order valence-corrected chi connectivity index (χ1v) is 11.6. The summed E-state index contributed by atoms with van der Waals surface area (Å²) in [6, 6.07) is 33.0. The Labute approximate surface area is 201 Å². The molecule has 166 valence electrons. The van der Waals surface area contributed by atoms with Crippen LogP contribution in [-0.2, 0) is 14.1 Å². The highest BCUT2D eigenvalue weighted by atomic mass is 15.0. The highest BCUT2D eigenvalue weighted by Gasteiger charge is 2.27. The highest BCUT2D eigenvalue weighted by molar-refractivity contribution is 5.72. The van der Waals surface area contributed by atoms with Crippen molar-refractivity contribution in [3.63, 3.8) is 0 Å². The monoisotopic (exact) mass is 444 g/mol. The largest absolute Gasteiger partial charge is 0.223 e. The van der Waals surface area contributed by atoms with Gasteiger partial charge in [0.05, 0.1) is 17.7 Å². The molecule has 0 saturated heterocycles. The van der Waals surface area contributed by atoms with E-state index >= 15 is 0 Å². The van der Waals surface area contributed by atoms with Crippen LogP contribution in [0.4, 0.5) is 0 Å².